The summed E-state index contributed by atoms with van der Waals surface area (Å²) in [6, 6.07) is 2.86. The van der Waals surface area contributed by atoms with Crippen molar-refractivity contribution in [1.82, 2.24) is 5.32 Å². The van der Waals surface area contributed by atoms with Gasteiger partial charge < -0.3 is 15.8 Å². The number of carbonyl (C=O) groups is 1. The zero-order valence-electron chi connectivity index (χ0n) is 11.9. The fourth-order valence-electron chi connectivity index (χ4n) is 2.52. The number of carbonyl (C=O) groups excluding carboxylic acids is 1. The van der Waals surface area contributed by atoms with Gasteiger partial charge in [0.1, 0.15) is 17.7 Å². The number of amides is 1. The van der Waals surface area contributed by atoms with Crippen molar-refractivity contribution in [2.45, 2.75) is 44.4 Å². The normalized spacial score (nSPS) is 23.0. The van der Waals surface area contributed by atoms with Gasteiger partial charge in [-0.3, -0.25) is 4.79 Å². The lowest BCUT2D eigenvalue weighted by Crippen LogP contribution is -2.38. The van der Waals surface area contributed by atoms with Crippen molar-refractivity contribution in [1.29, 1.82) is 0 Å². The van der Waals surface area contributed by atoms with E-state index >= 15 is 0 Å². The van der Waals surface area contributed by atoms with Gasteiger partial charge in [0.05, 0.1) is 12.1 Å². The van der Waals surface area contributed by atoms with Crippen molar-refractivity contribution in [3.63, 3.8) is 0 Å². The van der Waals surface area contributed by atoms with Gasteiger partial charge in [-0.05, 0) is 25.3 Å². The SMILES string of the molecule is CCC(NC(=O)[C@@H]1CC[C@H](CN)O1)c1ccc(F)cc1F. The Kier molecular flexibility index (Phi) is 5.25. The molecule has 3 atom stereocenters. The van der Waals surface area contributed by atoms with Crippen LogP contribution in [0.15, 0.2) is 18.2 Å². The van der Waals surface area contributed by atoms with Gasteiger partial charge in [-0.15, -0.1) is 0 Å². The minimum absolute atomic E-state index is 0.0941. The Morgan fingerprint density at radius 2 is 2.24 bits per heavy atom. The van der Waals surface area contributed by atoms with Gasteiger partial charge in [-0.2, -0.15) is 0 Å². The third kappa shape index (κ3) is 3.77. The van der Waals surface area contributed by atoms with Crippen LogP contribution in [0.5, 0.6) is 0 Å². The van der Waals surface area contributed by atoms with E-state index in [4.69, 9.17) is 10.5 Å². The van der Waals surface area contributed by atoms with Crippen LogP contribution in [0.4, 0.5) is 8.78 Å². The number of hydrogen-bond acceptors (Lipinski definition) is 3. The topological polar surface area (TPSA) is 64.4 Å². The molecular weight excluding hydrogens is 278 g/mol. The number of ether oxygens (including phenoxy) is 1. The van der Waals surface area contributed by atoms with E-state index in [0.717, 1.165) is 12.5 Å². The molecule has 2 rings (SSSR count). The van der Waals surface area contributed by atoms with Gasteiger partial charge in [0.2, 0.25) is 5.91 Å². The highest BCUT2D eigenvalue weighted by Crippen LogP contribution is 2.23. The summed E-state index contributed by atoms with van der Waals surface area (Å²) in [6.45, 7) is 2.21. The van der Waals surface area contributed by atoms with E-state index in [1.54, 1.807) is 0 Å². The first-order valence-corrected chi connectivity index (χ1v) is 7.16. The fraction of sp³-hybridized carbons (Fsp3) is 0.533. The molecule has 1 heterocycles. The molecule has 1 unspecified atom stereocenters. The Morgan fingerprint density at radius 1 is 1.48 bits per heavy atom. The van der Waals surface area contributed by atoms with Gasteiger partial charge in [0.25, 0.3) is 0 Å². The number of halogens is 2. The third-order valence-corrected chi connectivity index (χ3v) is 3.73. The Bertz CT molecular complexity index is 510. The van der Waals surface area contributed by atoms with E-state index in [1.165, 1.54) is 12.1 Å². The molecule has 0 aliphatic carbocycles. The lowest BCUT2D eigenvalue weighted by atomic mass is 10.0. The van der Waals surface area contributed by atoms with Gasteiger partial charge in [-0.25, -0.2) is 8.78 Å². The molecule has 21 heavy (non-hydrogen) atoms. The third-order valence-electron chi connectivity index (χ3n) is 3.73. The van der Waals surface area contributed by atoms with Crippen LogP contribution in [0.1, 0.15) is 37.8 Å². The minimum atomic E-state index is -0.658. The van der Waals surface area contributed by atoms with Gasteiger partial charge >= 0.3 is 0 Å². The maximum atomic E-state index is 13.8. The summed E-state index contributed by atoms with van der Waals surface area (Å²) in [7, 11) is 0. The largest absolute Gasteiger partial charge is 0.364 e. The van der Waals surface area contributed by atoms with E-state index < -0.39 is 23.8 Å². The summed E-state index contributed by atoms with van der Waals surface area (Å²) < 4.78 is 32.3. The van der Waals surface area contributed by atoms with Crippen LogP contribution in [0, 0.1) is 11.6 Å². The molecule has 1 aliphatic rings. The number of nitrogens with two attached hydrogens (primary N) is 1. The summed E-state index contributed by atoms with van der Waals surface area (Å²) >= 11 is 0. The molecule has 6 heteroatoms. The van der Waals surface area contributed by atoms with Crippen molar-refractivity contribution >= 4 is 5.91 Å². The number of benzene rings is 1. The molecule has 116 valence electrons. The molecule has 0 saturated carbocycles. The van der Waals surface area contributed by atoms with Crippen LogP contribution in [0.2, 0.25) is 0 Å². The smallest absolute Gasteiger partial charge is 0.249 e. The predicted molar refractivity (Wildman–Crippen MR) is 74.5 cm³/mol. The predicted octanol–water partition coefficient (Wildman–Crippen LogP) is 2.04. The number of nitrogens with one attached hydrogen (secondary N) is 1. The highest BCUT2D eigenvalue weighted by molar-refractivity contribution is 5.81. The second-order valence-corrected chi connectivity index (χ2v) is 5.20. The molecular formula is C15H20F2N2O2. The Labute approximate surface area is 122 Å². The van der Waals surface area contributed by atoms with Crippen LogP contribution in [-0.2, 0) is 9.53 Å². The van der Waals surface area contributed by atoms with Gasteiger partial charge in [0.15, 0.2) is 0 Å². The molecule has 0 aromatic heterocycles. The minimum Gasteiger partial charge on any atom is -0.364 e. The Hall–Kier alpha value is -1.53. The van der Waals surface area contributed by atoms with Crippen molar-refractivity contribution in [2.75, 3.05) is 6.54 Å². The van der Waals surface area contributed by atoms with Crippen LogP contribution in [-0.4, -0.2) is 24.7 Å². The summed E-state index contributed by atoms with van der Waals surface area (Å²) in [4.78, 5) is 12.2. The van der Waals surface area contributed by atoms with Gasteiger partial charge in [0, 0.05) is 18.2 Å². The van der Waals surface area contributed by atoms with E-state index in [2.05, 4.69) is 5.32 Å². The number of hydrogen-bond donors (Lipinski definition) is 2. The standard InChI is InChI=1S/C15H20F2N2O2/c1-2-13(11-5-3-9(16)7-12(11)17)19-15(20)14-6-4-10(8-18)21-14/h3,5,7,10,13-14H,2,4,6,8,18H2,1H3,(H,19,20)/t10-,13?,14+/m1/s1. The molecule has 1 fully saturated rings. The first-order valence-electron chi connectivity index (χ1n) is 7.16. The summed E-state index contributed by atoms with van der Waals surface area (Å²) in [6.07, 6.45) is 1.22. The molecule has 1 saturated heterocycles. The quantitative estimate of drug-likeness (QED) is 0.874. The molecule has 0 spiro atoms. The van der Waals surface area contributed by atoms with Crippen LogP contribution in [0.25, 0.3) is 0 Å². The molecule has 1 amide bonds. The Morgan fingerprint density at radius 3 is 2.81 bits per heavy atom. The Balaban J connectivity index is 2.03. The summed E-state index contributed by atoms with van der Waals surface area (Å²) in [5, 5.41) is 2.76. The lowest BCUT2D eigenvalue weighted by molar-refractivity contribution is -0.132. The van der Waals surface area contributed by atoms with E-state index in [-0.39, 0.29) is 17.6 Å². The molecule has 3 N–H and O–H groups in total. The highest BCUT2D eigenvalue weighted by atomic mass is 19.1. The van der Waals surface area contributed by atoms with Crippen LogP contribution in [0.3, 0.4) is 0 Å². The van der Waals surface area contributed by atoms with Gasteiger partial charge in [-0.1, -0.05) is 13.0 Å². The highest BCUT2D eigenvalue weighted by Gasteiger charge is 2.31. The molecule has 1 aromatic carbocycles. The number of rotatable bonds is 5. The zero-order valence-corrected chi connectivity index (χ0v) is 11.9. The molecule has 0 bridgehead atoms. The second-order valence-electron chi connectivity index (χ2n) is 5.20. The lowest BCUT2D eigenvalue weighted by Gasteiger charge is -2.20. The summed E-state index contributed by atoms with van der Waals surface area (Å²) in [5.74, 6) is -1.57. The molecule has 0 radical (unpaired) electrons. The first-order chi connectivity index (χ1) is 10.0. The van der Waals surface area contributed by atoms with E-state index in [1.807, 2.05) is 6.92 Å². The zero-order chi connectivity index (χ0) is 15.4. The van der Waals surface area contributed by atoms with Crippen molar-refractivity contribution in [3.05, 3.63) is 35.4 Å². The first kappa shape index (κ1) is 15.9. The molecule has 4 nitrogen and oxygen atoms in total. The average Bonchev–Trinajstić information content (AvgIpc) is 2.94. The molecule has 1 aromatic rings. The maximum absolute atomic E-state index is 13.8. The maximum Gasteiger partial charge on any atom is 0.249 e. The van der Waals surface area contributed by atoms with Crippen LogP contribution < -0.4 is 11.1 Å². The monoisotopic (exact) mass is 298 g/mol. The van der Waals surface area contributed by atoms with Crippen molar-refractivity contribution in [3.8, 4) is 0 Å². The van der Waals surface area contributed by atoms with E-state index in [0.29, 0.717) is 19.4 Å². The van der Waals surface area contributed by atoms with Crippen LogP contribution >= 0.6 is 0 Å². The van der Waals surface area contributed by atoms with E-state index in [9.17, 15) is 13.6 Å². The van der Waals surface area contributed by atoms with Crippen molar-refractivity contribution < 1.29 is 18.3 Å². The fourth-order valence-corrected chi connectivity index (χ4v) is 2.52. The molecule has 1 aliphatic heterocycles. The summed E-state index contributed by atoms with van der Waals surface area (Å²) in [5.41, 5.74) is 5.79. The second kappa shape index (κ2) is 6.95. The van der Waals surface area contributed by atoms with Crippen molar-refractivity contribution in [2.24, 2.45) is 5.73 Å². The average molecular weight is 298 g/mol.